The van der Waals surface area contributed by atoms with E-state index in [4.69, 9.17) is 14.2 Å². The average Bonchev–Trinajstić information content (AvgIpc) is 3.32. The second-order valence-corrected chi connectivity index (χ2v) is 22.6. The van der Waals surface area contributed by atoms with Gasteiger partial charge in [-0.3, -0.25) is 14.4 Å². The molecule has 6 heteroatoms. The quantitative estimate of drug-likeness (QED) is 0.0343. The Morgan fingerprint density at radius 3 is 0.710 bits per heavy atom. The third-order valence-corrected chi connectivity index (χ3v) is 14.5. The van der Waals surface area contributed by atoms with E-state index in [1.807, 2.05) is 0 Å². The number of hydrogen-bond donors (Lipinski definition) is 0. The first kappa shape index (κ1) is 67.4. The third kappa shape index (κ3) is 57.2. The molecule has 0 rings (SSSR count). The van der Waals surface area contributed by atoms with Crippen molar-refractivity contribution in [2.45, 2.75) is 362 Å². The summed E-state index contributed by atoms with van der Waals surface area (Å²) in [7, 11) is 0. The summed E-state index contributed by atoms with van der Waals surface area (Å²) < 4.78 is 16.9. The first-order valence-electron chi connectivity index (χ1n) is 31.2. The molecule has 0 radical (unpaired) electrons. The highest BCUT2D eigenvalue weighted by Crippen LogP contribution is 2.19. The van der Waals surface area contributed by atoms with Crippen LogP contribution in [0.2, 0.25) is 0 Å². The van der Waals surface area contributed by atoms with Gasteiger partial charge < -0.3 is 14.2 Å². The molecule has 69 heavy (non-hydrogen) atoms. The van der Waals surface area contributed by atoms with Crippen LogP contribution in [0.4, 0.5) is 0 Å². The zero-order valence-electron chi connectivity index (χ0n) is 47.5. The molecule has 1 atom stereocenters. The molecule has 0 saturated carbocycles. The fourth-order valence-corrected chi connectivity index (χ4v) is 9.76. The summed E-state index contributed by atoms with van der Waals surface area (Å²) in [4.78, 5) is 38.3. The minimum Gasteiger partial charge on any atom is -0.462 e. The molecular formula is C63H122O6. The van der Waals surface area contributed by atoms with Crippen molar-refractivity contribution in [3.63, 3.8) is 0 Å². The summed E-state index contributed by atoms with van der Waals surface area (Å²) in [6.45, 7) is 11.4. The molecule has 0 aliphatic carbocycles. The molecular weight excluding hydrogens is 853 g/mol. The predicted octanol–water partition coefficient (Wildman–Crippen LogP) is 20.8. The molecule has 0 aliphatic heterocycles. The Kier molecular flexibility index (Phi) is 54.4. The third-order valence-electron chi connectivity index (χ3n) is 14.5. The molecule has 0 saturated heterocycles. The lowest BCUT2D eigenvalue weighted by atomic mass is 10.0. The van der Waals surface area contributed by atoms with Crippen molar-refractivity contribution in [1.29, 1.82) is 0 Å². The molecule has 0 fully saturated rings. The first-order chi connectivity index (χ1) is 33.7. The second-order valence-electron chi connectivity index (χ2n) is 22.6. The van der Waals surface area contributed by atoms with E-state index in [1.165, 1.54) is 244 Å². The Hall–Kier alpha value is -1.59. The van der Waals surface area contributed by atoms with Gasteiger partial charge in [0.15, 0.2) is 6.10 Å². The van der Waals surface area contributed by atoms with Crippen LogP contribution in [0, 0.1) is 11.8 Å². The summed E-state index contributed by atoms with van der Waals surface area (Å²) in [5, 5.41) is 0. The van der Waals surface area contributed by atoms with Crippen LogP contribution in [-0.2, 0) is 28.6 Å². The normalized spacial score (nSPS) is 12.0. The number of unbranched alkanes of at least 4 members (excludes halogenated alkanes) is 42. The number of carbonyl (C=O) groups excluding carboxylic acids is 3. The Balaban J connectivity index is 4.28. The second kappa shape index (κ2) is 55.7. The lowest BCUT2D eigenvalue weighted by molar-refractivity contribution is -0.167. The van der Waals surface area contributed by atoms with Crippen molar-refractivity contribution in [2.24, 2.45) is 11.8 Å². The fraction of sp³-hybridized carbons (Fsp3) is 0.952. The minimum atomic E-state index is -0.763. The van der Waals surface area contributed by atoms with Gasteiger partial charge in [-0.05, 0) is 31.1 Å². The highest BCUT2D eigenvalue weighted by molar-refractivity contribution is 5.71. The van der Waals surface area contributed by atoms with E-state index < -0.39 is 6.10 Å². The lowest BCUT2D eigenvalue weighted by Gasteiger charge is -2.18. The van der Waals surface area contributed by atoms with Crippen molar-refractivity contribution in [2.75, 3.05) is 13.2 Å². The van der Waals surface area contributed by atoms with Crippen LogP contribution in [0.3, 0.4) is 0 Å². The Bertz CT molecular complexity index is 1060. The van der Waals surface area contributed by atoms with Crippen LogP contribution >= 0.6 is 0 Å². The van der Waals surface area contributed by atoms with Crippen LogP contribution in [-0.4, -0.2) is 37.2 Å². The molecule has 0 aromatic heterocycles. The zero-order chi connectivity index (χ0) is 50.4. The summed E-state index contributed by atoms with van der Waals surface area (Å²) >= 11 is 0. The van der Waals surface area contributed by atoms with Gasteiger partial charge >= 0.3 is 17.9 Å². The maximum atomic E-state index is 12.9. The van der Waals surface area contributed by atoms with Gasteiger partial charge in [0.1, 0.15) is 13.2 Å². The smallest absolute Gasteiger partial charge is 0.306 e. The number of rotatable bonds is 57. The van der Waals surface area contributed by atoms with E-state index in [0.29, 0.717) is 19.3 Å². The highest BCUT2D eigenvalue weighted by atomic mass is 16.6. The topological polar surface area (TPSA) is 78.9 Å². The fourth-order valence-electron chi connectivity index (χ4n) is 9.76. The van der Waals surface area contributed by atoms with E-state index in [-0.39, 0.29) is 31.1 Å². The molecule has 0 heterocycles. The van der Waals surface area contributed by atoms with Crippen LogP contribution in [0.25, 0.3) is 0 Å². The molecule has 0 N–H and O–H groups in total. The number of ether oxygens (including phenoxy) is 3. The van der Waals surface area contributed by atoms with Gasteiger partial charge in [0.05, 0.1) is 0 Å². The monoisotopic (exact) mass is 975 g/mol. The van der Waals surface area contributed by atoms with Crippen molar-refractivity contribution in [3.8, 4) is 0 Å². The molecule has 0 bridgehead atoms. The van der Waals surface area contributed by atoms with Gasteiger partial charge in [-0.1, -0.05) is 317 Å². The molecule has 0 amide bonds. The zero-order valence-corrected chi connectivity index (χ0v) is 47.5. The molecule has 0 spiro atoms. The van der Waals surface area contributed by atoms with E-state index in [2.05, 4.69) is 34.6 Å². The number of esters is 3. The van der Waals surface area contributed by atoms with Gasteiger partial charge in [0.25, 0.3) is 0 Å². The standard InChI is InChI=1S/C63H122O6/c1-6-7-8-9-10-11-12-13-14-15-16-17-20-23-28-33-38-43-48-53-61(64)67-56-60(57-68-62(65)54-49-44-39-34-30-25-27-32-37-42-47-52-59(4)5)69-63(66)55-50-45-40-35-29-24-21-18-19-22-26-31-36-41-46-51-58(2)3/h58-60H,6-57H2,1-5H3/t60-/m1/s1. The van der Waals surface area contributed by atoms with E-state index in [0.717, 1.165) is 69.6 Å². The molecule has 0 aliphatic rings. The van der Waals surface area contributed by atoms with Gasteiger partial charge in [-0.25, -0.2) is 0 Å². The average molecular weight is 976 g/mol. The van der Waals surface area contributed by atoms with Crippen LogP contribution < -0.4 is 0 Å². The molecule has 0 aromatic rings. The molecule has 0 unspecified atom stereocenters. The van der Waals surface area contributed by atoms with Gasteiger partial charge in [0.2, 0.25) is 0 Å². The molecule has 6 nitrogen and oxygen atoms in total. The van der Waals surface area contributed by atoms with Crippen LogP contribution in [0.15, 0.2) is 0 Å². The van der Waals surface area contributed by atoms with Crippen molar-refractivity contribution >= 4 is 17.9 Å². The van der Waals surface area contributed by atoms with E-state index >= 15 is 0 Å². The molecule has 0 aromatic carbocycles. The maximum absolute atomic E-state index is 12.9. The molecule has 410 valence electrons. The SMILES string of the molecule is CCCCCCCCCCCCCCCCCCCCCC(=O)OC[C@H](COC(=O)CCCCCCCCCCCCCC(C)C)OC(=O)CCCCCCCCCCCCCCCCCC(C)C. The predicted molar refractivity (Wildman–Crippen MR) is 298 cm³/mol. The number of carbonyl (C=O) groups is 3. The van der Waals surface area contributed by atoms with Crippen molar-refractivity contribution in [1.82, 2.24) is 0 Å². The van der Waals surface area contributed by atoms with E-state index in [1.54, 1.807) is 0 Å². The minimum absolute atomic E-state index is 0.0621. The van der Waals surface area contributed by atoms with Crippen molar-refractivity contribution in [3.05, 3.63) is 0 Å². The summed E-state index contributed by atoms with van der Waals surface area (Å²) in [5.41, 5.74) is 0. The Morgan fingerprint density at radius 1 is 0.275 bits per heavy atom. The van der Waals surface area contributed by atoms with Gasteiger partial charge in [-0.15, -0.1) is 0 Å². The maximum Gasteiger partial charge on any atom is 0.306 e. The van der Waals surface area contributed by atoms with Crippen LogP contribution in [0.1, 0.15) is 356 Å². The van der Waals surface area contributed by atoms with Gasteiger partial charge in [0, 0.05) is 19.3 Å². The largest absolute Gasteiger partial charge is 0.462 e. The summed E-state index contributed by atoms with van der Waals surface area (Å²) in [5.74, 6) is 0.841. The van der Waals surface area contributed by atoms with E-state index in [9.17, 15) is 14.4 Å². The lowest BCUT2D eigenvalue weighted by Crippen LogP contribution is -2.30. The number of hydrogen-bond acceptors (Lipinski definition) is 6. The summed E-state index contributed by atoms with van der Waals surface area (Å²) in [6.07, 6.45) is 61.0. The van der Waals surface area contributed by atoms with Gasteiger partial charge in [-0.2, -0.15) is 0 Å². The first-order valence-corrected chi connectivity index (χ1v) is 31.2. The highest BCUT2D eigenvalue weighted by Gasteiger charge is 2.19. The van der Waals surface area contributed by atoms with Crippen LogP contribution in [0.5, 0.6) is 0 Å². The Labute approximate surface area is 431 Å². The van der Waals surface area contributed by atoms with Crippen molar-refractivity contribution < 1.29 is 28.6 Å². The Morgan fingerprint density at radius 2 is 0.478 bits per heavy atom. The summed E-state index contributed by atoms with van der Waals surface area (Å²) in [6, 6.07) is 0.